The molecule has 2 heterocycles. The second kappa shape index (κ2) is 6.68. The topological polar surface area (TPSA) is 94.6 Å². The Kier molecular flexibility index (Phi) is 5.02. The van der Waals surface area contributed by atoms with Gasteiger partial charge in [-0.25, -0.2) is 4.79 Å². The van der Waals surface area contributed by atoms with Gasteiger partial charge >= 0.3 is 12.0 Å². The number of alkyl halides is 2. The number of hydrogen-bond acceptors (Lipinski definition) is 4. The molecular weight excluding hydrogens is 322 g/mol. The smallest absolute Gasteiger partial charge is 0.352 e. The second-order valence-corrected chi connectivity index (χ2v) is 5.79. The van der Waals surface area contributed by atoms with Gasteiger partial charge in [0, 0.05) is 50.6 Å². The maximum Gasteiger partial charge on any atom is 0.352 e. The van der Waals surface area contributed by atoms with Crippen LogP contribution in [0.2, 0.25) is 0 Å². The number of aryl methyl sites for hydroxylation is 1. The molecule has 0 bridgehead atoms. The van der Waals surface area contributed by atoms with E-state index in [9.17, 15) is 23.5 Å². The molecule has 3 amide bonds. The summed E-state index contributed by atoms with van der Waals surface area (Å²) in [5.74, 6) is -5.44. The fourth-order valence-corrected chi connectivity index (χ4v) is 2.59. The number of pyridine rings is 1. The molecule has 0 spiro atoms. The Bertz CT molecular complexity index is 631. The monoisotopic (exact) mass is 342 g/mol. The molecule has 1 aromatic rings. The largest absolute Gasteiger partial charge is 0.383 e. The van der Waals surface area contributed by atoms with Gasteiger partial charge in [-0.05, 0) is 19.1 Å². The first-order chi connectivity index (χ1) is 11.2. The number of carbonyl (C=O) groups excluding carboxylic acids is 2. The van der Waals surface area contributed by atoms with Gasteiger partial charge in [-0.3, -0.25) is 9.78 Å². The van der Waals surface area contributed by atoms with Gasteiger partial charge < -0.3 is 20.6 Å². The molecule has 0 aromatic carbocycles. The van der Waals surface area contributed by atoms with Crippen molar-refractivity contribution in [1.29, 1.82) is 0 Å². The van der Waals surface area contributed by atoms with Crippen LogP contribution in [0.1, 0.15) is 18.5 Å². The van der Waals surface area contributed by atoms with Crippen LogP contribution in [0.3, 0.4) is 0 Å². The molecule has 0 aliphatic carbocycles. The van der Waals surface area contributed by atoms with Gasteiger partial charge in [-0.15, -0.1) is 0 Å². The van der Waals surface area contributed by atoms with E-state index < -0.39 is 36.3 Å². The number of aliphatic hydroxyl groups is 1. The normalized spacial score (nSPS) is 17.3. The summed E-state index contributed by atoms with van der Waals surface area (Å²) < 4.78 is 28.0. The molecule has 0 saturated carbocycles. The van der Waals surface area contributed by atoms with Gasteiger partial charge in [0.15, 0.2) is 0 Å². The molecule has 3 N–H and O–H groups in total. The summed E-state index contributed by atoms with van der Waals surface area (Å²) in [6.45, 7) is 1.61. The van der Waals surface area contributed by atoms with Crippen LogP contribution in [0.15, 0.2) is 18.3 Å². The first kappa shape index (κ1) is 18.1. The fraction of sp³-hybridized carbons (Fsp3) is 0.533. The van der Waals surface area contributed by atoms with Crippen molar-refractivity contribution < 1.29 is 23.5 Å². The molecule has 0 atom stereocenters. The molecule has 1 saturated heterocycles. The maximum atomic E-state index is 14.0. The van der Waals surface area contributed by atoms with Gasteiger partial charge in [0.1, 0.15) is 5.60 Å². The molecule has 1 fully saturated rings. The summed E-state index contributed by atoms with van der Waals surface area (Å²) >= 11 is 0. The number of piperidine rings is 1. The van der Waals surface area contributed by atoms with E-state index in [1.54, 1.807) is 25.3 Å². The Morgan fingerprint density at radius 3 is 2.54 bits per heavy atom. The average molecular weight is 342 g/mol. The molecule has 2 rings (SSSR count). The van der Waals surface area contributed by atoms with E-state index in [0.717, 1.165) is 12.7 Å². The van der Waals surface area contributed by atoms with E-state index >= 15 is 0 Å². The second-order valence-electron chi connectivity index (χ2n) is 5.79. The third-order valence-electron chi connectivity index (χ3n) is 4.12. The Morgan fingerprint density at radius 1 is 1.38 bits per heavy atom. The molecule has 0 radical (unpaired) electrons. The molecule has 24 heavy (non-hydrogen) atoms. The number of nitrogens with one attached hydrogen (secondary N) is 2. The van der Waals surface area contributed by atoms with Gasteiger partial charge in [-0.2, -0.15) is 8.78 Å². The van der Waals surface area contributed by atoms with Gasteiger partial charge in [-0.1, -0.05) is 0 Å². The number of nitrogens with zero attached hydrogens (tertiary/aromatic N) is 2. The third kappa shape index (κ3) is 3.45. The summed E-state index contributed by atoms with van der Waals surface area (Å²) in [6, 6.07) is 2.84. The van der Waals surface area contributed by atoms with Crippen molar-refractivity contribution in [2.45, 2.75) is 31.3 Å². The van der Waals surface area contributed by atoms with Crippen LogP contribution >= 0.6 is 0 Å². The van der Waals surface area contributed by atoms with Gasteiger partial charge in [0.25, 0.3) is 5.91 Å². The van der Waals surface area contributed by atoms with E-state index in [1.165, 1.54) is 4.90 Å². The van der Waals surface area contributed by atoms with Crippen LogP contribution in [-0.2, 0) is 4.79 Å². The highest BCUT2D eigenvalue weighted by molar-refractivity contribution is 5.89. The lowest BCUT2D eigenvalue weighted by molar-refractivity contribution is -0.202. The van der Waals surface area contributed by atoms with Crippen molar-refractivity contribution in [3.05, 3.63) is 24.0 Å². The Hall–Kier alpha value is -2.29. The molecule has 0 unspecified atom stereocenters. The Labute approximate surface area is 138 Å². The lowest BCUT2D eigenvalue weighted by Gasteiger charge is -2.41. The average Bonchev–Trinajstić information content (AvgIpc) is 2.54. The third-order valence-corrected chi connectivity index (χ3v) is 4.12. The van der Waals surface area contributed by atoms with Crippen LogP contribution < -0.4 is 10.6 Å². The molecule has 1 aromatic heterocycles. The molecule has 1 aliphatic rings. The van der Waals surface area contributed by atoms with Crippen molar-refractivity contribution in [1.82, 2.24) is 15.2 Å². The van der Waals surface area contributed by atoms with Gasteiger partial charge in [0.2, 0.25) is 0 Å². The van der Waals surface area contributed by atoms with E-state index in [2.05, 4.69) is 10.3 Å². The Morgan fingerprint density at radius 2 is 2.00 bits per heavy atom. The SMILES string of the molecule is CNC(=O)C(F)(F)C1(O)CCN(C(=O)Nc2ccnc(C)c2)CC1. The number of halogens is 2. The Balaban J connectivity index is 1.99. The van der Waals surface area contributed by atoms with Gasteiger partial charge in [0.05, 0.1) is 0 Å². The van der Waals surface area contributed by atoms with Crippen LogP contribution in [0.25, 0.3) is 0 Å². The quantitative estimate of drug-likeness (QED) is 0.767. The number of aromatic nitrogens is 1. The summed E-state index contributed by atoms with van der Waals surface area (Å²) in [5, 5.41) is 14.7. The molecule has 9 heteroatoms. The standard InChI is InChI=1S/C15H20F2N4O3/c1-10-9-11(3-6-19-10)20-13(23)21-7-4-14(24,5-8-21)15(16,17)12(22)18-2/h3,6,9,24H,4-5,7-8H2,1-2H3,(H,18,22)(H,19,20,23). The fourth-order valence-electron chi connectivity index (χ4n) is 2.59. The van der Waals surface area contributed by atoms with E-state index in [-0.39, 0.29) is 13.1 Å². The number of amides is 3. The number of urea groups is 1. The highest BCUT2D eigenvalue weighted by atomic mass is 19.3. The zero-order valence-electron chi connectivity index (χ0n) is 13.5. The van der Waals surface area contributed by atoms with Crippen molar-refractivity contribution in [2.24, 2.45) is 0 Å². The first-order valence-electron chi connectivity index (χ1n) is 7.50. The summed E-state index contributed by atoms with van der Waals surface area (Å²) in [6.07, 6.45) is 0.760. The number of likely N-dealkylation sites (tertiary alicyclic amines) is 1. The number of rotatable bonds is 3. The number of carbonyl (C=O) groups is 2. The number of anilines is 1. The van der Waals surface area contributed by atoms with Crippen molar-refractivity contribution in [2.75, 3.05) is 25.5 Å². The van der Waals surface area contributed by atoms with E-state index in [0.29, 0.717) is 5.69 Å². The van der Waals surface area contributed by atoms with Crippen molar-refractivity contribution >= 4 is 17.6 Å². The van der Waals surface area contributed by atoms with Crippen LogP contribution in [0.5, 0.6) is 0 Å². The minimum Gasteiger partial charge on any atom is -0.383 e. The van der Waals surface area contributed by atoms with Crippen molar-refractivity contribution in [3.8, 4) is 0 Å². The van der Waals surface area contributed by atoms with Crippen molar-refractivity contribution in [3.63, 3.8) is 0 Å². The molecular formula is C15H20F2N4O3. The lowest BCUT2D eigenvalue weighted by atomic mass is 9.84. The predicted molar refractivity (Wildman–Crippen MR) is 82.8 cm³/mol. The minimum absolute atomic E-state index is 0.0843. The molecule has 1 aliphatic heterocycles. The predicted octanol–water partition coefficient (Wildman–Crippen LogP) is 1.13. The number of hydrogen-bond donors (Lipinski definition) is 3. The van der Waals surface area contributed by atoms with Crippen LogP contribution in [-0.4, -0.2) is 58.6 Å². The zero-order chi connectivity index (χ0) is 18.0. The van der Waals surface area contributed by atoms with Crippen LogP contribution in [0.4, 0.5) is 19.3 Å². The van der Waals surface area contributed by atoms with Crippen LogP contribution in [0, 0.1) is 6.92 Å². The zero-order valence-corrected chi connectivity index (χ0v) is 13.5. The van der Waals surface area contributed by atoms with E-state index in [4.69, 9.17) is 0 Å². The lowest BCUT2D eigenvalue weighted by Crippen LogP contribution is -2.61. The summed E-state index contributed by atoms with van der Waals surface area (Å²) in [5.41, 5.74) is -1.19. The minimum atomic E-state index is -3.91. The summed E-state index contributed by atoms with van der Waals surface area (Å²) in [4.78, 5) is 28.8. The molecule has 132 valence electrons. The summed E-state index contributed by atoms with van der Waals surface area (Å²) in [7, 11) is 1.08. The first-order valence-corrected chi connectivity index (χ1v) is 7.50. The highest BCUT2D eigenvalue weighted by Gasteiger charge is 2.58. The maximum absolute atomic E-state index is 14.0. The molecule has 7 nitrogen and oxygen atoms in total. The highest BCUT2D eigenvalue weighted by Crippen LogP contribution is 2.37. The van der Waals surface area contributed by atoms with E-state index in [1.807, 2.05) is 5.32 Å².